The van der Waals surface area contributed by atoms with Crippen LogP contribution in [0, 0.1) is 0 Å². The van der Waals surface area contributed by atoms with Crippen LogP contribution in [0.1, 0.15) is 30.9 Å². The van der Waals surface area contributed by atoms with Crippen molar-refractivity contribution >= 4 is 32.2 Å². The number of nitrogens with one attached hydrogen (secondary N) is 1. The van der Waals surface area contributed by atoms with Crippen molar-refractivity contribution in [2.75, 3.05) is 6.61 Å². The fourth-order valence-corrected chi connectivity index (χ4v) is 6.41. The Balaban J connectivity index is 1.92. The molecule has 2 aromatic carbocycles. The standard InChI is InChI=1S/C21H21NO2S/c1-3-24-21(23)19-14(2)16-9-10-18-17(11-12-22-18)20(16)25(19)13-15-7-5-4-6-8-15/h4-12,14,22H,3,13H2,1-2H3. The highest BCUT2D eigenvalue weighted by Crippen LogP contribution is 2.49. The van der Waals surface area contributed by atoms with Gasteiger partial charge in [0.25, 0.3) is 0 Å². The van der Waals surface area contributed by atoms with Gasteiger partial charge in [-0.05, 0) is 30.2 Å². The lowest BCUT2D eigenvalue weighted by Gasteiger charge is -2.12. The maximum Gasteiger partial charge on any atom is 0.340 e. The fraction of sp³-hybridized carbons (Fsp3) is 0.238. The van der Waals surface area contributed by atoms with E-state index in [1.165, 1.54) is 21.4 Å². The third kappa shape index (κ3) is 2.71. The second kappa shape index (κ2) is 6.52. The number of rotatable bonds is 4. The Morgan fingerprint density at radius 3 is 2.72 bits per heavy atom. The van der Waals surface area contributed by atoms with E-state index in [2.05, 4.69) is 54.4 Å². The maximum atomic E-state index is 12.7. The van der Waals surface area contributed by atoms with Gasteiger partial charge >= 0.3 is 5.97 Å². The monoisotopic (exact) mass is 351 g/mol. The first-order valence-electron chi connectivity index (χ1n) is 8.59. The summed E-state index contributed by atoms with van der Waals surface area (Å²) in [6.07, 6.45) is 1.97. The van der Waals surface area contributed by atoms with E-state index in [4.69, 9.17) is 4.74 Å². The number of aromatic amines is 1. The molecular weight excluding hydrogens is 330 g/mol. The third-order valence-electron chi connectivity index (χ3n) is 4.72. The molecular formula is C21H21NO2S. The van der Waals surface area contributed by atoms with E-state index in [9.17, 15) is 4.79 Å². The molecule has 25 heavy (non-hydrogen) atoms. The molecule has 2 heterocycles. The van der Waals surface area contributed by atoms with Gasteiger partial charge in [0.15, 0.2) is 0 Å². The van der Waals surface area contributed by atoms with Gasteiger partial charge in [0.2, 0.25) is 0 Å². The topological polar surface area (TPSA) is 42.1 Å². The summed E-state index contributed by atoms with van der Waals surface area (Å²) in [5, 5.41) is 1.22. The number of H-pyrrole nitrogens is 1. The number of aromatic nitrogens is 1. The van der Waals surface area contributed by atoms with Crippen molar-refractivity contribution in [2.24, 2.45) is 0 Å². The summed E-state index contributed by atoms with van der Waals surface area (Å²) in [5.74, 6) is 0.797. The summed E-state index contributed by atoms with van der Waals surface area (Å²) in [6, 6.07) is 16.8. The number of hydrogen-bond donors (Lipinski definition) is 1. The minimum Gasteiger partial charge on any atom is -0.462 e. The van der Waals surface area contributed by atoms with E-state index in [0.717, 1.165) is 16.1 Å². The normalized spacial score (nSPS) is 19.2. The zero-order valence-electron chi connectivity index (χ0n) is 14.4. The van der Waals surface area contributed by atoms with E-state index in [-0.39, 0.29) is 22.4 Å². The molecule has 1 aliphatic rings. The molecule has 3 nitrogen and oxygen atoms in total. The average molecular weight is 351 g/mol. The summed E-state index contributed by atoms with van der Waals surface area (Å²) < 4.78 is 5.41. The van der Waals surface area contributed by atoms with Crippen molar-refractivity contribution in [1.82, 2.24) is 4.98 Å². The molecule has 4 heteroatoms. The lowest BCUT2D eigenvalue weighted by molar-refractivity contribution is -0.134. The molecule has 4 rings (SSSR count). The second-order valence-corrected chi connectivity index (χ2v) is 8.17. The first-order valence-corrected chi connectivity index (χ1v) is 9.99. The number of ether oxygens (including phenoxy) is 1. The fourth-order valence-electron chi connectivity index (χ4n) is 3.57. The largest absolute Gasteiger partial charge is 0.462 e. The highest BCUT2D eigenvalue weighted by Gasteiger charge is 2.34. The number of hydrogen-bond acceptors (Lipinski definition) is 2. The van der Waals surface area contributed by atoms with Gasteiger partial charge in [0, 0.05) is 33.7 Å². The smallest absolute Gasteiger partial charge is 0.340 e. The van der Waals surface area contributed by atoms with Crippen LogP contribution in [-0.2, 0) is 15.3 Å². The van der Waals surface area contributed by atoms with E-state index in [1.54, 1.807) is 0 Å². The van der Waals surface area contributed by atoms with Gasteiger partial charge in [-0.2, -0.15) is 0 Å². The van der Waals surface area contributed by atoms with Crippen molar-refractivity contribution in [3.63, 3.8) is 0 Å². The minimum atomic E-state index is -0.284. The van der Waals surface area contributed by atoms with E-state index >= 15 is 0 Å². The van der Waals surface area contributed by atoms with Crippen molar-refractivity contribution in [1.29, 1.82) is 0 Å². The van der Waals surface area contributed by atoms with E-state index in [1.807, 2.05) is 19.2 Å². The van der Waals surface area contributed by atoms with Gasteiger partial charge in [-0.15, -0.1) is 10.5 Å². The van der Waals surface area contributed by atoms with Crippen LogP contribution in [0.4, 0.5) is 0 Å². The molecule has 0 saturated heterocycles. The van der Waals surface area contributed by atoms with Crippen LogP contribution in [0.25, 0.3) is 10.9 Å². The number of benzene rings is 2. The molecule has 2 atom stereocenters. The minimum absolute atomic E-state index is 0.0976. The van der Waals surface area contributed by atoms with Crippen molar-refractivity contribution in [3.05, 3.63) is 65.9 Å². The molecule has 0 fully saturated rings. The Kier molecular flexibility index (Phi) is 4.22. The third-order valence-corrected chi connectivity index (χ3v) is 7.34. The molecule has 0 saturated carbocycles. The molecule has 1 aromatic heterocycles. The summed E-state index contributed by atoms with van der Waals surface area (Å²) in [4.78, 5) is 18.3. The Morgan fingerprint density at radius 1 is 1.16 bits per heavy atom. The Labute approximate surface area is 149 Å². The molecule has 0 aliphatic carbocycles. The lowest BCUT2D eigenvalue weighted by Crippen LogP contribution is -2.20. The Morgan fingerprint density at radius 2 is 1.96 bits per heavy atom. The summed E-state index contributed by atoms with van der Waals surface area (Å²) >= 11 is 0. The molecule has 1 aliphatic heterocycles. The molecule has 0 spiro atoms. The molecule has 0 radical (unpaired) electrons. The van der Waals surface area contributed by atoms with Crippen LogP contribution in [0.3, 0.4) is 0 Å². The van der Waals surface area contributed by atoms with Crippen LogP contribution >= 0.6 is 10.5 Å². The number of carbonyl (C=O) groups excluding carboxylic acids is 1. The van der Waals surface area contributed by atoms with Crippen molar-refractivity contribution in [2.45, 2.75) is 30.4 Å². The molecule has 2 unspecified atom stereocenters. The maximum absolute atomic E-state index is 12.7. The van der Waals surface area contributed by atoms with E-state index in [0.29, 0.717) is 6.61 Å². The van der Waals surface area contributed by atoms with Gasteiger partial charge < -0.3 is 9.72 Å². The molecule has 0 bridgehead atoms. The number of fused-ring (bicyclic) bond motifs is 3. The first-order chi connectivity index (χ1) is 12.2. The van der Waals surface area contributed by atoms with Gasteiger partial charge in [-0.25, -0.2) is 4.79 Å². The second-order valence-electron chi connectivity index (χ2n) is 6.25. The number of carbonyl (C=O) groups is 1. The highest BCUT2D eigenvalue weighted by molar-refractivity contribution is 8.16. The molecule has 0 amide bonds. The summed E-state index contributed by atoms with van der Waals surface area (Å²) in [7, 11) is -0.284. The van der Waals surface area contributed by atoms with E-state index < -0.39 is 0 Å². The van der Waals surface area contributed by atoms with Crippen LogP contribution in [0.2, 0.25) is 0 Å². The van der Waals surface area contributed by atoms with Gasteiger partial charge in [-0.1, -0.05) is 43.3 Å². The molecule has 128 valence electrons. The highest BCUT2D eigenvalue weighted by atomic mass is 32.2. The molecule has 1 N–H and O–H groups in total. The molecule has 3 aromatic rings. The van der Waals surface area contributed by atoms with Gasteiger partial charge in [0.05, 0.1) is 11.5 Å². The SMILES string of the molecule is CCOC(=O)C1=S(Cc2ccccc2)c2c(ccc3[nH]ccc23)C1C. The first kappa shape index (κ1) is 16.2. The zero-order valence-corrected chi connectivity index (χ0v) is 15.2. The predicted octanol–water partition coefficient (Wildman–Crippen LogP) is 4.85. The van der Waals surface area contributed by atoms with Crippen LogP contribution in [0.15, 0.2) is 59.6 Å². The van der Waals surface area contributed by atoms with Crippen molar-refractivity contribution in [3.8, 4) is 0 Å². The van der Waals surface area contributed by atoms with Crippen LogP contribution < -0.4 is 0 Å². The van der Waals surface area contributed by atoms with Crippen LogP contribution in [0.5, 0.6) is 0 Å². The Hall–Kier alpha value is -2.33. The average Bonchev–Trinajstić information content (AvgIpc) is 3.19. The quantitative estimate of drug-likeness (QED) is 0.539. The lowest BCUT2D eigenvalue weighted by atomic mass is 9.97. The van der Waals surface area contributed by atoms with Crippen molar-refractivity contribution < 1.29 is 9.53 Å². The van der Waals surface area contributed by atoms with Crippen LogP contribution in [-0.4, -0.2) is 22.4 Å². The van der Waals surface area contributed by atoms with Gasteiger partial charge in [-0.3, -0.25) is 0 Å². The zero-order chi connectivity index (χ0) is 17.4. The predicted molar refractivity (Wildman–Crippen MR) is 104 cm³/mol. The van der Waals surface area contributed by atoms with Gasteiger partial charge in [0.1, 0.15) is 0 Å². The Bertz CT molecular complexity index is 972. The number of esters is 1. The summed E-state index contributed by atoms with van der Waals surface area (Å²) in [5.41, 5.74) is 3.64. The summed E-state index contributed by atoms with van der Waals surface area (Å²) in [6.45, 7) is 4.40.